The molecule has 2 aromatic carbocycles. The normalized spacial score (nSPS) is 23.9. The molecule has 2 heterocycles. The summed E-state index contributed by atoms with van der Waals surface area (Å²) in [7, 11) is -3.39. The maximum absolute atomic E-state index is 13.3. The molecule has 2 aromatic rings. The lowest BCUT2D eigenvalue weighted by molar-refractivity contribution is -0.135. The summed E-state index contributed by atoms with van der Waals surface area (Å²) in [5.74, 6) is -0.435. The molecule has 0 aliphatic carbocycles. The van der Waals surface area contributed by atoms with E-state index in [1.165, 1.54) is 6.07 Å². The average Bonchev–Trinajstić information content (AvgIpc) is 2.98. The van der Waals surface area contributed by atoms with Crippen LogP contribution in [0.1, 0.15) is 37.7 Å². The number of halogens is 2. The third-order valence-corrected chi connectivity index (χ3v) is 8.58. The molecular formula is C22H23ClFNO3S. The Hall–Kier alpha value is -1.92. The van der Waals surface area contributed by atoms with Gasteiger partial charge >= 0.3 is 0 Å². The molecule has 29 heavy (non-hydrogen) atoms. The van der Waals surface area contributed by atoms with Crippen molar-refractivity contribution in [3.05, 3.63) is 64.9 Å². The second-order valence-electron chi connectivity index (χ2n) is 7.89. The van der Waals surface area contributed by atoms with Gasteiger partial charge in [0.2, 0.25) is 5.91 Å². The summed E-state index contributed by atoms with van der Waals surface area (Å²) in [6, 6.07) is 13.0. The van der Waals surface area contributed by atoms with Crippen molar-refractivity contribution in [2.75, 3.05) is 0 Å². The molecule has 0 saturated carbocycles. The number of sulfone groups is 1. The van der Waals surface area contributed by atoms with Crippen molar-refractivity contribution in [1.82, 2.24) is 4.90 Å². The predicted octanol–water partition coefficient (Wildman–Crippen LogP) is 4.41. The van der Waals surface area contributed by atoms with Crippen LogP contribution in [0.5, 0.6) is 0 Å². The molecule has 154 valence electrons. The number of carbonyl (C=O) groups excluding carboxylic acids is 1. The Labute approximate surface area is 175 Å². The van der Waals surface area contributed by atoms with Crippen LogP contribution in [0.15, 0.2) is 53.4 Å². The highest BCUT2D eigenvalue weighted by atomic mass is 35.5. The fourth-order valence-electron chi connectivity index (χ4n) is 4.67. The first kappa shape index (κ1) is 20.4. The van der Waals surface area contributed by atoms with Crippen molar-refractivity contribution in [3.63, 3.8) is 0 Å². The van der Waals surface area contributed by atoms with Crippen LogP contribution >= 0.6 is 11.6 Å². The van der Waals surface area contributed by atoms with E-state index in [-0.39, 0.29) is 23.0 Å². The van der Waals surface area contributed by atoms with Crippen LogP contribution in [0.25, 0.3) is 0 Å². The highest BCUT2D eigenvalue weighted by molar-refractivity contribution is 7.92. The number of benzene rings is 2. The average molecular weight is 436 g/mol. The molecule has 2 bridgehead atoms. The molecule has 2 unspecified atom stereocenters. The summed E-state index contributed by atoms with van der Waals surface area (Å²) in [4.78, 5) is 15.1. The Morgan fingerprint density at radius 2 is 1.72 bits per heavy atom. The van der Waals surface area contributed by atoms with Gasteiger partial charge in [0.1, 0.15) is 5.82 Å². The van der Waals surface area contributed by atoms with Crippen LogP contribution in [0.2, 0.25) is 5.02 Å². The number of carbonyl (C=O) groups is 1. The second-order valence-corrected chi connectivity index (χ2v) is 10.5. The minimum Gasteiger partial charge on any atom is -0.337 e. The molecule has 2 fully saturated rings. The smallest absolute Gasteiger partial charge is 0.223 e. The third kappa shape index (κ3) is 4.05. The van der Waals surface area contributed by atoms with Gasteiger partial charge in [-0.3, -0.25) is 4.79 Å². The van der Waals surface area contributed by atoms with Crippen molar-refractivity contribution in [1.29, 1.82) is 0 Å². The molecule has 0 aromatic heterocycles. The summed E-state index contributed by atoms with van der Waals surface area (Å²) in [6.45, 7) is 0. The van der Waals surface area contributed by atoms with Crippen LogP contribution in [0.4, 0.5) is 4.39 Å². The van der Waals surface area contributed by atoms with Gasteiger partial charge in [-0.05, 0) is 61.9 Å². The summed E-state index contributed by atoms with van der Waals surface area (Å²) >= 11 is 5.82. The van der Waals surface area contributed by atoms with E-state index in [0.29, 0.717) is 30.6 Å². The molecule has 0 N–H and O–H groups in total. The Morgan fingerprint density at radius 3 is 2.34 bits per heavy atom. The molecule has 7 heteroatoms. The first-order chi connectivity index (χ1) is 13.9. The van der Waals surface area contributed by atoms with Crippen LogP contribution < -0.4 is 0 Å². The molecule has 1 amide bonds. The molecule has 0 spiro atoms. The summed E-state index contributed by atoms with van der Waals surface area (Å²) in [5.41, 5.74) is 0.818. The second kappa shape index (κ2) is 8.07. The lowest BCUT2D eigenvalue weighted by Crippen LogP contribution is -2.49. The minimum absolute atomic E-state index is 0.0263. The molecule has 2 saturated heterocycles. The molecule has 2 aliphatic rings. The molecule has 4 rings (SSSR count). The summed E-state index contributed by atoms with van der Waals surface area (Å²) in [5, 5.41) is -0.385. The third-order valence-electron chi connectivity index (χ3n) is 6.10. The Kier molecular flexibility index (Phi) is 5.67. The van der Waals surface area contributed by atoms with Gasteiger partial charge in [-0.2, -0.15) is 0 Å². The van der Waals surface area contributed by atoms with E-state index in [0.717, 1.165) is 18.4 Å². The van der Waals surface area contributed by atoms with Gasteiger partial charge in [-0.1, -0.05) is 35.9 Å². The predicted molar refractivity (Wildman–Crippen MR) is 110 cm³/mol. The van der Waals surface area contributed by atoms with E-state index >= 15 is 0 Å². The Balaban J connectivity index is 1.42. The largest absolute Gasteiger partial charge is 0.337 e. The van der Waals surface area contributed by atoms with Gasteiger partial charge in [0.15, 0.2) is 9.84 Å². The van der Waals surface area contributed by atoms with Crippen LogP contribution in [0, 0.1) is 5.82 Å². The van der Waals surface area contributed by atoms with Gasteiger partial charge in [0, 0.05) is 18.5 Å². The van der Waals surface area contributed by atoms with Crippen LogP contribution in [0.3, 0.4) is 0 Å². The molecule has 2 atom stereocenters. The first-order valence-electron chi connectivity index (χ1n) is 9.90. The van der Waals surface area contributed by atoms with Gasteiger partial charge in [0.25, 0.3) is 0 Å². The van der Waals surface area contributed by atoms with E-state index in [1.54, 1.807) is 42.5 Å². The standard InChI is InChI=1S/C22H23ClFNO3S/c23-20-12-15(6-10-21(20)24)7-11-22(26)25-16-8-9-17(25)14-19(13-16)29(27,28)18-4-2-1-3-5-18/h1-6,10,12,16-17,19H,7-9,11,13-14H2. The minimum atomic E-state index is -3.39. The van der Waals surface area contributed by atoms with E-state index < -0.39 is 20.9 Å². The lowest BCUT2D eigenvalue weighted by Gasteiger charge is -2.38. The number of nitrogens with zero attached hydrogens (tertiary/aromatic N) is 1. The lowest BCUT2D eigenvalue weighted by atomic mass is 10.0. The topological polar surface area (TPSA) is 54.5 Å². The first-order valence-corrected chi connectivity index (χ1v) is 11.8. The van der Waals surface area contributed by atoms with Gasteiger partial charge in [0.05, 0.1) is 15.2 Å². The Morgan fingerprint density at radius 1 is 1.07 bits per heavy atom. The number of hydrogen-bond donors (Lipinski definition) is 0. The van der Waals surface area contributed by atoms with Gasteiger partial charge in [-0.25, -0.2) is 12.8 Å². The van der Waals surface area contributed by atoms with E-state index in [4.69, 9.17) is 11.6 Å². The van der Waals surface area contributed by atoms with Crippen molar-refractivity contribution < 1.29 is 17.6 Å². The van der Waals surface area contributed by atoms with Crippen molar-refractivity contribution in [3.8, 4) is 0 Å². The number of amides is 1. The van der Waals surface area contributed by atoms with Crippen LogP contribution in [-0.4, -0.2) is 36.6 Å². The number of piperidine rings is 1. The highest BCUT2D eigenvalue weighted by Crippen LogP contribution is 2.40. The Bertz CT molecular complexity index is 998. The number of rotatable bonds is 5. The molecular weight excluding hydrogens is 413 g/mol. The maximum Gasteiger partial charge on any atom is 0.223 e. The van der Waals surface area contributed by atoms with Crippen molar-refractivity contribution in [2.45, 2.75) is 60.8 Å². The fraction of sp³-hybridized carbons (Fsp3) is 0.409. The maximum atomic E-state index is 13.3. The zero-order chi connectivity index (χ0) is 20.6. The summed E-state index contributed by atoms with van der Waals surface area (Å²) < 4.78 is 39.3. The quantitative estimate of drug-likeness (QED) is 0.699. The number of fused-ring (bicyclic) bond motifs is 2. The zero-order valence-corrected chi connectivity index (χ0v) is 17.5. The number of hydrogen-bond acceptors (Lipinski definition) is 3. The van der Waals surface area contributed by atoms with E-state index in [2.05, 4.69) is 0 Å². The number of aryl methyl sites for hydroxylation is 1. The zero-order valence-electron chi connectivity index (χ0n) is 15.9. The van der Waals surface area contributed by atoms with Crippen molar-refractivity contribution in [2.24, 2.45) is 0 Å². The molecule has 2 aliphatic heterocycles. The fourth-order valence-corrected chi connectivity index (χ4v) is 6.74. The SMILES string of the molecule is O=C(CCc1ccc(F)c(Cl)c1)N1C2CCC1CC(S(=O)(=O)c1ccccc1)C2. The van der Waals surface area contributed by atoms with E-state index in [1.807, 2.05) is 4.90 Å². The molecule has 4 nitrogen and oxygen atoms in total. The van der Waals surface area contributed by atoms with Crippen molar-refractivity contribution >= 4 is 27.3 Å². The van der Waals surface area contributed by atoms with Gasteiger partial charge < -0.3 is 4.90 Å². The monoisotopic (exact) mass is 435 g/mol. The highest BCUT2D eigenvalue weighted by Gasteiger charge is 2.46. The van der Waals surface area contributed by atoms with E-state index in [9.17, 15) is 17.6 Å². The summed E-state index contributed by atoms with van der Waals surface area (Å²) in [6.07, 6.45) is 3.47. The molecule has 0 radical (unpaired) electrons. The van der Waals surface area contributed by atoms with Crippen LogP contribution in [-0.2, 0) is 21.1 Å². The van der Waals surface area contributed by atoms with Gasteiger partial charge in [-0.15, -0.1) is 0 Å².